The lowest BCUT2D eigenvalue weighted by molar-refractivity contribution is 0.626. The fraction of sp³-hybridized carbons (Fsp3) is 0.154. The normalized spacial score (nSPS) is 12.2. The van der Waals surface area contributed by atoms with Gasteiger partial charge in [0.05, 0.1) is 10.4 Å². The Balaban J connectivity index is 2.34. The van der Waals surface area contributed by atoms with Crippen molar-refractivity contribution in [2.24, 2.45) is 0 Å². The molecule has 1 atom stereocenters. The van der Waals surface area contributed by atoms with E-state index in [4.69, 9.17) is 23.2 Å². The molecule has 1 N–H and O–H groups in total. The van der Waals surface area contributed by atoms with Crippen molar-refractivity contribution >= 4 is 34.7 Å². The van der Waals surface area contributed by atoms with Gasteiger partial charge in [-0.05, 0) is 24.6 Å². The predicted molar refractivity (Wildman–Crippen MR) is 73.2 cm³/mol. The maximum absolute atomic E-state index is 13.6. The van der Waals surface area contributed by atoms with Crippen molar-refractivity contribution in [3.63, 3.8) is 0 Å². The highest BCUT2D eigenvalue weighted by Crippen LogP contribution is 2.29. The molecule has 1 unspecified atom stereocenters. The van der Waals surface area contributed by atoms with E-state index < -0.39 is 5.82 Å². The molecule has 2 aromatic rings. The molecule has 0 radical (unpaired) electrons. The molecular formula is C13H11Cl2FN2. The zero-order chi connectivity index (χ0) is 13.1. The minimum atomic E-state index is -0.500. The number of para-hydroxylation sites is 1. The van der Waals surface area contributed by atoms with Crippen LogP contribution in [0.4, 0.5) is 15.9 Å². The fourth-order valence-corrected chi connectivity index (χ4v) is 1.93. The van der Waals surface area contributed by atoms with Crippen LogP contribution in [0.3, 0.4) is 0 Å². The third kappa shape index (κ3) is 2.92. The highest BCUT2D eigenvalue weighted by molar-refractivity contribution is 6.30. The van der Waals surface area contributed by atoms with Crippen LogP contribution < -0.4 is 5.32 Å². The number of hydrogen-bond acceptors (Lipinski definition) is 2. The molecule has 0 aliphatic carbocycles. The van der Waals surface area contributed by atoms with Gasteiger partial charge >= 0.3 is 0 Å². The van der Waals surface area contributed by atoms with E-state index in [1.165, 1.54) is 12.3 Å². The smallest absolute Gasteiger partial charge is 0.167 e. The summed E-state index contributed by atoms with van der Waals surface area (Å²) in [6.07, 6.45) is 1.39. The van der Waals surface area contributed by atoms with Crippen LogP contribution in [0.5, 0.6) is 0 Å². The van der Waals surface area contributed by atoms with Gasteiger partial charge < -0.3 is 5.32 Å². The van der Waals surface area contributed by atoms with Gasteiger partial charge in [-0.25, -0.2) is 9.37 Å². The molecule has 0 spiro atoms. The summed E-state index contributed by atoms with van der Waals surface area (Å²) in [6.45, 7) is 1.85. The molecule has 0 saturated heterocycles. The molecule has 1 aromatic heterocycles. The van der Waals surface area contributed by atoms with E-state index in [1.807, 2.05) is 31.2 Å². The lowest BCUT2D eigenvalue weighted by Gasteiger charge is -2.13. The number of aromatic nitrogens is 1. The first kappa shape index (κ1) is 13.1. The van der Waals surface area contributed by atoms with E-state index in [0.717, 1.165) is 11.3 Å². The first-order valence-corrected chi connectivity index (χ1v) is 6.20. The summed E-state index contributed by atoms with van der Waals surface area (Å²) >= 11 is 11.7. The number of rotatable bonds is 3. The lowest BCUT2D eigenvalue weighted by Crippen LogP contribution is -2.00. The van der Waals surface area contributed by atoms with Gasteiger partial charge in [0.25, 0.3) is 0 Å². The van der Waals surface area contributed by atoms with Crippen LogP contribution >= 0.6 is 23.2 Å². The van der Waals surface area contributed by atoms with Crippen molar-refractivity contribution in [2.75, 3.05) is 5.32 Å². The summed E-state index contributed by atoms with van der Waals surface area (Å²) < 4.78 is 13.6. The third-order valence-electron chi connectivity index (χ3n) is 2.45. The Labute approximate surface area is 115 Å². The van der Waals surface area contributed by atoms with Crippen molar-refractivity contribution in [1.82, 2.24) is 4.98 Å². The van der Waals surface area contributed by atoms with Crippen molar-refractivity contribution in [2.45, 2.75) is 12.3 Å². The largest absolute Gasteiger partial charge is 0.338 e. The van der Waals surface area contributed by atoms with E-state index in [0.29, 0.717) is 0 Å². The number of hydrogen-bond donors (Lipinski definition) is 1. The van der Waals surface area contributed by atoms with Crippen LogP contribution in [0.2, 0.25) is 5.02 Å². The summed E-state index contributed by atoms with van der Waals surface area (Å²) in [5.74, 6) is -0.372. The first-order chi connectivity index (χ1) is 8.58. The molecule has 0 aliphatic rings. The molecule has 0 aliphatic heterocycles. The third-order valence-corrected chi connectivity index (χ3v) is 2.89. The second kappa shape index (κ2) is 5.55. The Morgan fingerprint density at radius 2 is 2.06 bits per heavy atom. The van der Waals surface area contributed by atoms with E-state index in [1.54, 1.807) is 0 Å². The van der Waals surface area contributed by atoms with Gasteiger partial charge in [-0.3, -0.25) is 0 Å². The zero-order valence-corrected chi connectivity index (χ0v) is 11.1. The monoisotopic (exact) mass is 284 g/mol. The van der Waals surface area contributed by atoms with E-state index in [9.17, 15) is 4.39 Å². The highest BCUT2D eigenvalue weighted by atomic mass is 35.5. The van der Waals surface area contributed by atoms with Gasteiger partial charge in [-0.2, -0.15) is 0 Å². The molecule has 94 valence electrons. The Morgan fingerprint density at radius 1 is 1.33 bits per heavy atom. The van der Waals surface area contributed by atoms with Crippen LogP contribution in [0, 0.1) is 5.82 Å². The number of pyridine rings is 1. The fourth-order valence-electron chi connectivity index (χ4n) is 1.59. The summed E-state index contributed by atoms with van der Waals surface area (Å²) in [4.78, 5) is 3.91. The number of alkyl halides is 1. The topological polar surface area (TPSA) is 24.9 Å². The van der Waals surface area contributed by atoms with Gasteiger partial charge in [0.2, 0.25) is 0 Å². The number of anilines is 2. The molecule has 2 rings (SSSR count). The lowest BCUT2D eigenvalue weighted by atomic mass is 10.1. The van der Waals surface area contributed by atoms with Crippen LogP contribution in [-0.4, -0.2) is 4.98 Å². The molecule has 0 bridgehead atoms. The van der Waals surface area contributed by atoms with Gasteiger partial charge in [0.15, 0.2) is 11.6 Å². The standard InChI is InChI=1S/C13H11Cl2FN2/c1-8(14)10-4-2-3-5-12(10)18-13-11(16)6-9(15)7-17-13/h2-8H,1H3,(H,17,18). The Morgan fingerprint density at radius 3 is 2.72 bits per heavy atom. The summed E-state index contributed by atoms with van der Waals surface area (Å²) in [7, 11) is 0. The van der Waals surface area contributed by atoms with Gasteiger partial charge in [-0.1, -0.05) is 29.8 Å². The van der Waals surface area contributed by atoms with E-state index in [2.05, 4.69) is 10.3 Å². The van der Waals surface area contributed by atoms with Crippen LogP contribution in [0.15, 0.2) is 36.5 Å². The zero-order valence-electron chi connectivity index (χ0n) is 9.62. The SMILES string of the molecule is CC(Cl)c1ccccc1Nc1ncc(Cl)cc1F. The molecule has 1 aromatic carbocycles. The Bertz CT molecular complexity index is 558. The second-order valence-corrected chi connectivity index (χ2v) is 4.90. The average molecular weight is 285 g/mol. The molecule has 18 heavy (non-hydrogen) atoms. The Kier molecular flexibility index (Phi) is 4.04. The molecule has 0 amide bonds. The maximum atomic E-state index is 13.6. The number of nitrogens with zero attached hydrogens (tertiary/aromatic N) is 1. The molecule has 0 saturated carbocycles. The second-order valence-electron chi connectivity index (χ2n) is 3.81. The average Bonchev–Trinajstić information content (AvgIpc) is 2.33. The minimum absolute atomic E-state index is 0.129. The van der Waals surface area contributed by atoms with E-state index in [-0.39, 0.29) is 16.2 Å². The number of nitrogens with one attached hydrogen (secondary N) is 1. The Hall–Kier alpha value is -1.32. The number of halogens is 3. The molecular weight excluding hydrogens is 274 g/mol. The number of benzene rings is 1. The van der Waals surface area contributed by atoms with Gasteiger partial charge in [0.1, 0.15) is 0 Å². The van der Waals surface area contributed by atoms with Crippen LogP contribution in [-0.2, 0) is 0 Å². The van der Waals surface area contributed by atoms with Crippen molar-refractivity contribution in [3.8, 4) is 0 Å². The summed E-state index contributed by atoms with van der Waals surface area (Å²) in [5, 5.41) is 3.00. The molecule has 0 fully saturated rings. The quantitative estimate of drug-likeness (QED) is 0.810. The molecule has 2 nitrogen and oxygen atoms in total. The van der Waals surface area contributed by atoms with Crippen molar-refractivity contribution < 1.29 is 4.39 Å². The van der Waals surface area contributed by atoms with Crippen molar-refractivity contribution in [1.29, 1.82) is 0 Å². The van der Waals surface area contributed by atoms with Gasteiger partial charge in [0, 0.05) is 11.9 Å². The van der Waals surface area contributed by atoms with Gasteiger partial charge in [-0.15, -0.1) is 11.6 Å². The summed E-state index contributed by atoms with van der Waals surface area (Å²) in [5.41, 5.74) is 1.61. The minimum Gasteiger partial charge on any atom is -0.338 e. The molecule has 1 heterocycles. The van der Waals surface area contributed by atoms with Crippen LogP contribution in [0.25, 0.3) is 0 Å². The summed E-state index contributed by atoms with van der Waals surface area (Å²) in [6, 6.07) is 8.64. The van der Waals surface area contributed by atoms with Crippen LogP contribution in [0.1, 0.15) is 17.9 Å². The van der Waals surface area contributed by atoms with E-state index >= 15 is 0 Å². The maximum Gasteiger partial charge on any atom is 0.167 e. The van der Waals surface area contributed by atoms with Crippen molar-refractivity contribution in [3.05, 3.63) is 52.9 Å². The highest BCUT2D eigenvalue weighted by Gasteiger charge is 2.10. The first-order valence-electron chi connectivity index (χ1n) is 5.39. The predicted octanol–water partition coefficient (Wildman–Crippen LogP) is 4.92. The molecule has 5 heteroatoms.